The van der Waals surface area contributed by atoms with Crippen LogP contribution in [0, 0.1) is 0 Å². The van der Waals surface area contributed by atoms with E-state index in [9.17, 15) is 14.4 Å². The lowest BCUT2D eigenvalue weighted by atomic mass is 10.0. The molecule has 1 saturated heterocycles. The van der Waals surface area contributed by atoms with Gasteiger partial charge in [0.1, 0.15) is 5.75 Å². The average Bonchev–Trinajstić information content (AvgIpc) is 3.15. The number of carbonyl (C=O) groups is 3. The fourth-order valence-corrected chi connectivity index (χ4v) is 4.69. The van der Waals surface area contributed by atoms with Crippen LogP contribution in [-0.4, -0.2) is 58.3 Å². The number of anilines is 1. The van der Waals surface area contributed by atoms with Gasteiger partial charge in [-0.3, -0.25) is 19.3 Å². The summed E-state index contributed by atoms with van der Waals surface area (Å²) in [5.41, 5.74) is 1.84. The van der Waals surface area contributed by atoms with Crippen molar-refractivity contribution in [3.05, 3.63) is 83.2 Å². The molecule has 3 heterocycles. The topological polar surface area (TPSA) is 105 Å². The molecule has 2 aliphatic heterocycles. The quantitative estimate of drug-likeness (QED) is 0.513. The zero-order valence-corrected chi connectivity index (χ0v) is 20.0. The Balaban J connectivity index is 1.33. The molecule has 36 heavy (non-hydrogen) atoms. The van der Waals surface area contributed by atoms with Crippen LogP contribution >= 0.6 is 0 Å². The Kier molecular flexibility index (Phi) is 6.62. The molecule has 1 aromatic heterocycles. The second-order valence-electron chi connectivity index (χ2n) is 8.81. The second kappa shape index (κ2) is 10.2. The van der Waals surface area contributed by atoms with E-state index in [2.05, 4.69) is 20.2 Å². The zero-order chi connectivity index (χ0) is 25.1. The summed E-state index contributed by atoms with van der Waals surface area (Å²) >= 11 is 0. The molecule has 0 saturated carbocycles. The highest BCUT2D eigenvalue weighted by atomic mass is 16.5. The maximum atomic E-state index is 13.4. The summed E-state index contributed by atoms with van der Waals surface area (Å²) in [6, 6.07) is 13.7. The molecule has 2 aromatic carbocycles. The van der Waals surface area contributed by atoms with Crippen molar-refractivity contribution in [3.63, 3.8) is 0 Å². The molecule has 5 rings (SSSR count). The van der Waals surface area contributed by atoms with Crippen molar-refractivity contribution in [1.29, 1.82) is 0 Å². The zero-order valence-electron chi connectivity index (χ0n) is 20.0. The SMILES string of the molecule is CCOc1ccc(CN2C(=O)c3ccccc3C2=O)cc1C(=O)NC1CCCN(c2ncccn2)C1. The summed E-state index contributed by atoms with van der Waals surface area (Å²) < 4.78 is 5.72. The molecular formula is C27H27N5O4. The number of amides is 3. The van der Waals surface area contributed by atoms with Crippen LogP contribution in [0.5, 0.6) is 5.75 Å². The van der Waals surface area contributed by atoms with Gasteiger partial charge in [-0.15, -0.1) is 0 Å². The van der Waals surface area contributed by atoms with Gasteiger partial charge in [0.2, 0.25) is 5.95 Å². The predicted octanol–water partition coefficient (Wildman–Crippen LogP) is 3.07. The standard InChI is InChI=1S/C27H27N5O4/c1-2-36-23-11-10-18(16-32-25(34)20-8-3-4-9-21(20)26(32)35)15-22(23)24(33)30-19-7-5-14-31(17-19)27-28-12-6-13-29-27/h3-4,6,8-13,15,19H,2,5,7,14,16-17H2,1H3,(H,30,33). The van der Waals surface area contributed by atoms with Gasteiger partial charge < -0.3 is 15.0 Å². The van der Waals surface area contributed by atoms with Crippen LogP contribution in [0.4, 0.5) is 5.95 Å². The largest absolute Gasteiger partial charge is 0.493 e. The van der Waals surface area contributed by atoms with E-state index in [0.29, 0.717) is 47.1 Å². The first kappa shape index (κ1) is 23.5. The molecule has 9 nitrogen and oxygen atoms in total. The number of nitrogens with zero attached hydrogens (tertiary/aromatic N) is 4. The van der Waals surface area contributed by atoms with E-state index in [1.54, 1.807) is 60.9 Å². The number of fused-ring (bicyclic) bond motifs is 1. The molecule has 0 bridgehead atoms. The van der Waals surface area contributed by atoms with Gasteiger partial charge in [0.25, 0.3) is 17.7 Å². The highest BCUT2D eigenvalue weighted by molar-refractivity contribution is 6.21. The third-order valence-corrected chi connectivity index (χ3v) is 6.40. The van der Waals surface area contributed by atoms with E-state index in [4.69, 9.17) is 4.74 Å². The second-order valence-corrected chi connectivity index (χ2v) is 8.81. The molecule has 0 spiro atoms. The van der Waals surface area contributed by atoms with Crippen LogP contribution in [0.2, 0.25) is 0 Å². The van der Waals surface area contributed by atoms with E-state index in [1.807, 2.05) is 6.92 Å². The third kappa shape index (κ3) is 4.64. The Labute approximate surface area is 209 Å². The van der Waals surface area contributed by atoms with E-state index in [1.165, 1.54) is 4.90 Å². The monoisotopic (exact) mass is 485 g/mol. The van der Waals surface area contributed by atoms with Gasteiger partial charge in [-0.25, -0.2) is 9.97 Å². The molecule has 1 unspecified atom stereocenters. The van der Waals surface area contributed by atoms with Crippen molar-refractivity contribution >= 4 is 23.7 Å². The van der Waals surface area contributed by atoms with Crippen LogP contribution < -0.4 is 15.0 Å². The molecule has 3 amide bonds. The highest BCUT2D eigenvalue weighted by Crippen LogP contribution is 2.27. The summed E-state index contributed by atoms with van der Waals surface area (Å²) in [6.07, 6.45) is 5.16. The average molecular weight is 486 g/mol. The Bertz CT molecular complexity index is 1260. The van der Waals surface area contributed by atoms with Crippen molar-refractivity contribution in [1.82, 2.24) is 20.2 Å². The third-order valence-electron chi connectivity index (χ3n) is 6.40. The Morgan fingerprint density at radius 2 is 1.78 bits per heavy atom. The fraction of sp³-hybridized carbons (Fsp3) is 0.296. The molecule has 2 aliphatic rings. The smallest absolute Gasteiger partial charge is 0.261 e. The van der Waals surface area contributed by atoms with Gasteiger partial charge in [-0.1, -0.05) is 18.2 Å². The van der Waals surface area contributed by atoms with Gasteiger partial charge in [0.15, 0.2) is 0 Å². The number of imide groups is 1. The van der Waals surface area contributed by atoms with Crippen LogP contribution in [0.1, 0.15) is 56.4 Å². The number of hydrogen-bond acceptors (Lipinski definition) is 7. The van der Waals surface area contributed by atoms with Crippen LogP contribution in [-0.2, 0) is 6.54 Å². The number of aromatic nitrogens is 2. The number of piperidine rings is 1. The lowest BCUT2D eigenvalue weighted by molar-refractivity contribution is 0.0642. The predicted molar refractivity (Wildman–Crippen MR) is 133 cm³/mol. The lowest BCUT2D eigenvalue weighted by Crippen LogP contribution is -2.48. The number of carbonyl (C=O) groups excluding carboxylic acids is 3. The first-order valence-electron chi connectivity index (χ1n) is 12.1. The van der Waals surface area contributed by atoms with Crippen molar-refractivity contribution < 1.29 is 19.1 Å². The molecule has 1 N–H and O–H groups in total. The fourth-order valence-electron chi connectivity index (χ4n) is 4.69. The molecule has 9 heteroatoms. The van der Waals surface area contributed by atoms with Crippen molar-refractivity contribution in [3.8, 4) is 5.75 Å². The first-order valence-corrected chi connectivity index (χ1v) is 12.1. The molecular weight excluding hydrogens is 458 g/mol. The molecule has 1 fully saturated rings. The maximum absolute atomic E-state index is 13.4. The molecule has 0 aliphatic carbocycles. The highest BCUT2D eigenvalue weighted by Gasteiger charge is 2.35. The summed E-state index contributed by atoms with van der Waals surface area (Å²) in [7, 11) is 0. The maximum Gasteiger partial charge on any atom is 0.261 e. The lowest BCUT2D eigenvalue weighted by Gasteiger charge is -2.33. The number of nitrogens with one attached hydrogen (secondary N) is 1. The molecule has 1 atom stereocenters. The number of benzene rings is 2. The summed E-state index contributed by atoms with van der Waals surface area (Å²) in [5, 5.41) is 3.12. The number of ether oxygens (including phenoxy) is 1. The van der Waals surface area contributed by atoms with Crippen LogP contribution in [0.25, 0.3) is 0 Å². The Hall–Kier alpha value is -4.27. The van der Waals surface area contributed by atoms with Gasteiger partial charge in [-0.05, 0) is 55.7 Å². The number of rotatable bonds is 7. The van der Waals surface area contributed by atoms with E-state index in [0.717, 1.165) is 19.4 Å². The summed E-state index contributed by atoms with van der Waals surface area (Å²) in [4.78, 5) is 50.9. The Morgan fingerprint density at radius 3 is 2.47 bits per heavy atom. The van der Waals surface area contributed by atoms with Gasteiger partial charge in [0.05, 0.1) is 29.8 Å². The van der Waals surface area contributed by atoms with Crippen molar-refractivity contribution in [2.24, 2.45) is 0 Å². The summed E-state index contributed by atoms with van der Waals surface area (Å²) in [5.74, 6) is 0.180. The van der Waals surface area contributed by atoms with E-state index >= 15 is 0 Å². The minimum Gasteiger partial charge on any atom is -0.493 e. The van der Waals surface area contributed by atoms with E-state index < -0.39 is 0 Å². The first-order chi connectivity index (χ1) is 17.5. The van der Waals surface area contributed by atoms with Gasteiger partial charge in [-0.2, -0.15) is 0 Å². The Morgan fingerprint density at radius 1 is 1.06 bits per heavy atom. The summed E-state index contributed by atoms with van der Waals surface area (Å²) in [6.45, 7) is 3.76. The van der Waals surface area contributed by atoms with Crippen molar-refractivity contribution in [2.75, 3.05) is 24.6 Å². The van der Waals surface area contributed by atoms with E-state index in [-0.39, 0.29) is 30.3 Å². The normalized spacial score (nSPS) is 17.2. The number of hydrogen-bond donors (Lipinski definition) is 1. The van der Waals surface area contributed by atoms with Gasteiger partial charge in [0, 0.05) is 31.5 Å². The van der Waals surface area contributed by atoms with Crippen LogP contribution in [0.3, 0.4) is 0 Å². The minimum absolute atomic E-state index is 0.0710. The minimum atomic E-state index is -0.332. The van der Waals surface area contributed by atoms with Gasteiger partial charge >= 0.3 is 0 Å². The molecule has 184 valence electrons. The van der Waals surface area contributed by atoms with Crippen LogP contribution in [0.15, 0.2) is 60.9 Å². The molecule has 3 aromatic rings. The van der Waals surface area contributed by atoms with Crippen molar-refractivity contribution in [2.45, 2.75) is 32.4 Å². The molecule has 0 radical (unpaired) electrons.